The van der Waals surface area contributed by atoms with Crippen molar-refractivity contribution in [1.82, 2.24) is 14.1 Å². The Kier molecular flexibility index (Phi) is 4.22. The summed E-state index contributed by atoms with van der Waals surface area (Å²) in [6.45, 7) is 3.83. The van der Waals surface area contributed by atoms with E-state index < -0.39 is 22.0 Å². The van der Waals surface area contributed by atoms with Gasteiger partial charge in [0.25, 0.3) is 0 Å². The fourth-order valence-electron chi connectivity index (χ4n) is 3.83. The number of fused-ring (bicyclic) bond motifs is 1. The first kappa shape index (κ1) is 16.4. The number of rotatable bonds is 4. The average Bonchev–Trinajstić information content (AvgIpc) is 3.12. The predicted octanol–water partition coefficient (Wildman–Crippen LogP) is 1.87. The van der Waals surface area contributed by atoms with Gasteiger partial charge >= 0.3 is 5.97 Å². The number of carboxylic acids is 1. The second-order valence-electron chi connectivity index (χ2n) is 6.79. The van der Waals surface area contributed by atoms with Gasteiger partial charge in [0.05, 0.1) is 6.20 Å². The number of sulfonamides is 1. The maximum atomic E-state index is 13.0. The van der Waals surface area contributed by atoms with Crippen molar-refractivity contribution in [3.63, 3.8) is 0 Å². The Bertz CT molecular complexity index is 697. The molecule has 7 nitrogen and oxygen atoms in total. The lowest BCUT2D eigenvalue weighted by Gasteiger charge is -2.31. The van der Waals surface area contributed by atoms with Gasteiger partial charge in [-0.15, -0.1) is 0 Å². The second kappa shape index (κ2) is 5.90. The summed E-state index contributed by atoms with van der Waals surface area (Å²) >= 11 is 0. The summed E-state index contributed by atoms with van der Waals surface area (Å²) in [5.41, 5.74) is 0. The minimum absolute atomic E-state index is 0.0511. The maximum absolute atomic E-state index is 13.0. The first-order chi connectivity index (χ1) is 10.8. The molecular formula is C15H23N3O4S. The first-order valence-corrected chi connectivity index (χ1v) is 9.57. The molecule has 23 heavy (non-hydrogen) atoms. The smallest absolute Gasteiger partial charge is 0.322 e. The summed E-state index contributed by atoms with van der Waals surface area (Å²) in [6, 6.07) is -1.11. The molecule has 3 unspecified atom stereocenters. The standard InChI is InChI=1S/C15H23N3O4S/c1-10(2)17-9-12(8-16-17)23(21,22)18-13-6-4-3-5-11(13)7-14(18)15(19)20/h8-11,13-14H,3-7H2,1-2H3,(H,19,20). The molecule has 0 spiro atoms. The SMILES string of the molecule is CC(C)n1cc(S(=O)(=O)N2C(C(=O)O)CC3CCCCC32)cn1. The van der Waals surface area contributed by atoms with Crippen LogP contribution < -0.4 is 0 Å². The van der Waals surface area contributed by atoms with E-state index >= 15 is 0 Å². The minimum atomic E-state index is -3.85. The number of aromatic nitrogens is 2. The van der Waals surface area contributed by atoms with E-state index in [1.807, 2.05) is 13.8 Å². The lowest BCUT2D eigenvalue weighted by molar-refractivity contribution is -0.141. The molecule has 1 aromatic heterocycles. The summed E-state index contributed by atoms with van der Waals surface area (Å²) < 4.78 is 28.9. The topological polar surface area (TPSA) is 92.5 Å². The third-order valence-electron chi connectivity index (χ3n) is 5.00. The molecule has 0 amide bonds. The quantitative estimate of drug-likeness (QED) is 0.902. The minimum Gasteiger partial charge on any atom is -0.480 e. The van der Waals surface area contributed by atoms with Gasteiger partial charge in [0, 0.05) is 18.3 Å². The molecule has 1 aliphatic carbocycles. The Morgan fingerprint density at radius 3 is 2.65 bits per heavy atom. The van der Waals surface area contributed by atoms with Crippen LogP contribution >= 0.6 is 0 Å². The van der Waals surface area contributed by atoms with E-state index in [1.165, 1.54) is 16.7 Å². The van der Waals surface area contributed by atoms with Crippen LogP contribution in [0.15, 0.2) is 17.3 Å². The normalized spacial score (nSPS) is 28.9. The van der Waals surface area contributed by atoms with Gasteiger partial charge in [-0.05, 0) is 39.0 Å². The van der Waals surface area contributed by atoms with E-state index in [1.54, 1.807) is 4.68 Å². The van der Waals surface area contributed by atoms with Crippen LogP contribution in [0.5, 0.6) is 0 Å². The van der Waals surface area contributed by atoms with Crippen molar-refractivity contribution in [1.29, 1.82) is 0 Å². The fraction of sp³-hybridized carbons (Fsp3) is 0.733. The molecule has 1 saturated heterocycles. The van der Waals surface area contributed by atoms with Crippen molar-refractivity contribution in [3.05, 3.63) is 12.4 Å². The second-order valence-corrected chi connectivity index (χ2v) is 8.63. The molecule has 8 heteroatoms. The highest BCUT2D eigenvalue weighted by molar-refractivity contribution is 7.89. The number of hydrogen-bond donors (Lipinski definition) is 1. The number of aliphatic carboxylic acids is 1. The first-order valence-electron chi connectivity index (χ1n) is 8.13. The fourth-order valence-corrected chi connectivity index (χ4v) is 5.64. The Balaban J connectivity index is 1.99. The van der Waals surface area contributed by atoms with E-state index in [4.69, 9.17) is 0 Å². The summed E-state index contributed by atoms with van der Waals surface area (Å²) in [6.07, 6.45) is 6.88. The molecule has 3 rings (SSSR count). The van der Waals surface area contributed by atoms with Crippen LogP contribution in [0.25, 0.3) is 0 Å². The van der Waals surface area contributed by atoms with Crippen LogP contribution in [0.4, 0.5) is 0 Å². The number of nitrogens with zero attached hydrogens (tertiary/aromatic N) is 3. The largest absolute Gasteiger partial charge is 0.480 e. The van der Waals surface area contributed by atoms with Crippen LogP contribution in [0.3, 0.4) is 0 Å². The molecule has 128 valence electrons. The average molecular weight is 341 g/mol. The third kappa shape index (κ3) is 2.78. The lowest BCUT2D eigenvalue weighted by atomic mass is 9.85. The predicted molar refractivity (Wildman–Crippen MR) is 83.4 cm³/mol. The van der Waals surface area contributed by atoms with E-state index in [2.05, 4.69) is 5.10 Å². The number of carbonyl (C=O) groups is 1. The van der Waals surface area contributed by atoms with E-state index in [9.17, 15) is 18.3 Å². The van der Waals surface area contributed by atoms with Gasteiger partial charge < -0.3 is 5.11 Å². The van der Waals surface area contributed by atoms with E-state index in [-0.39, 0.29) is 22.9 Å². The summed E-state index contributed by atoms with van der Waals surface area (Å²) in [5.74, 6) is -0.904. The summed E-state index contributed by atoms with van der Waals surface area (Å²) in [7, 11) is -3.85. The van der Waals surface area contributed by atoms with E-state index in [0.29, 0.717) is 6.42 Å². The van der Waals surface area contributed by atoms with Gasteiger partial charge in [-0.2, -0.15) is 9.40 Å². The zero-order valence-corrected chi connectivity index (χ0v) is 14.2. The van der Waals surface area contributed by atoms with Crippen LogP contribution in [-0.4, -0.2) is 45.7 Å². The molecule has 0 aromatic carbocycles. The Hall–Kier alpha value is -1.41. The summed E-state index contributed by atoms with van der Waals surface area (Å²) in [5, 5.41) is 13.6. The van der Waals surface area contributed by atoms with Crippen LogP contribution in [-0.2, 0) is 14.8 Å². The molecule has 1 saturated carbocycles. The van der Waals surface area contributed by atoms with Crippen LogP contribution in [0.1, 0.15) is 52.0 Å². The van der Waals surface area contributed by atoms with Crippen molar-refractivity contribution in [3.8, 4) is 0 Å². The zero-order chi connectivity index (χ0) is 16.8. The van der Waals surface area contributed by atoms with Crippen molar-refractivity contribution in [2.24, 2.45) is 5.92 Å². The molecule has 3 atom stereocenters. The van der Waals surface area contributed by atoms with Gasteiger partial charge in [-0.3, -0.25) is 9.48 Å². The van der Waals surface area contributed by atoms with Crippen LogP contribution in [0.2, 0.25) is 0 Å². The Morgan fingerprint density at radius 2 is 2.04 bits per heavy atom. The Morgan fingerprint density at radius 1 is 1.35 bits per heavy atom. The van der Waals surface area contributed by atoms with Crippen LogP contribution in [0, 0.1) is 5.92 Å². The highest BCUT2D eigenvalue weighted by atomic mass is 32.2. The van der Waals surface area contributed by atoms with Gasteiger partial charge in [-0.25, -0.2) is 8.42 Å². The molecule has 1 N–H and O–H groups in total. The number of carboxylic acid groups (broad SMARTS) is 1. The van der Waals surface area contributed by atoms with Gasteiger partial charge in [0.2, 0.25) is 10.0 Å². The van der Waals surface area contributed by atoms with Gasteiger partial charge in [0.15, 0.2) is 0 Å². The van der Waals surface area contributed by atoms with Gasteiger partial charge in [0.1, 0.15) is 10.9 Å². The summed E-state index contributed by atoms with van der Waals surface area (Å²) in [4.78, 5) is 11.7. The highest BCUT2D eigenvalue weighted by Crippen LogP contribution is 2.42. The Labute approximate surface area is 136 Å². The van der Waals surface area contributed by atoms with Crippen molar-refractivity contribution in [2.45, 2.75) is 69.0 Å². The molecular weight excluding hydrogens is 318 g/mol. The van der Waals surface area contributed by atoms with Crippen molar-refractivity contribution < 1.29 is 18.3 Å². The molecule has 2 heterocycles. The van der Waals surface area contributed by atoms with E-state index in [0.717, 1.165) is 25.7 Å². The molecule has 1 aromatic rings. The lowest BCUT2D eigenvalue weighted by Crippen LogP contribution is -2.46. The third-order valence-corrected chi connectivity index (χ3v) is 6.88. The van der Waals surface area contributed by atoms with Crippen molar-refractivity contribution in [2.75, 3.05) is 0 Å². The molecule has 0 bridgehead atoms. The zero-order valence-electron chi connectivity index (χ0n) is 13.4. The number of hydrogen-bond acceptors (Lipinski definition) is 4. The maximum Gasteiger partial charge on any atom is 0.322 e. The molecule has 0 radical (unpaired) electrons. The highest BCUT2D eigenvalue weighted by Gasteiger charge is 2.51. The van der Waals surface area contributed by atoms with Gasteiger partial charge in [-0.1, -0.05) is 12.8 Å². The monoisotopic (exact) mass is 341 g/mol. The molecule has 2 fully saturated rings. The molecule has 1 aliphatic heterocycles. The van der Waals surface area contributed by atoms with Crippen molar-refractivity contribution >= 4 is 16.0 Å². The molecule has 2 aliphatic rings.